The number of phenols is 1. The lowest BCUT2D eigenvalue weighted by atomic mass is 10.1. The van der Waals surface area contributed by atoms with Gasteiger partial charge in [-0.05, 0) is 37.5 Å². The summed E-state index contributed by atoms with van der Waals surface area (Å²) in [7, 11) is 0. The number of aromatic nitrogens is 2. The van der Waals surface area contributed by atoms with Crippen molar-refractivity contribution in [2.45, 2.75) is 19.8 Å². The zero-order valence-electron chi connectivity index (χ0n) is 12.0. The van der Waals surface area contributed by atoms with Crippen molar-refractivity contribution in [1.29, 1.82) is 0 Å². The molecule has 0 aliphatic carbocycles. The molecule has 0 saturated carbocycles. The predicted molar refractivity (Wildman–Crippen MR) is 82.5 cm³/mol. The molecular formula is C15H20N4O2. The van der Waals surface area contributed by atoms with Gasteiger partial charge in [-0.2, -0.15) is 0 Å². The Morgan fingerprint density at radius 1 is 1.29 bits per heavy atom. The van der Waals surface area contributed by atoms with E-state index in [2.05, 4.69) is 15.3 Å². The van der Waals surface area contributed by atoms with Crippen LogP contribution in [-0.4, -0.2) is 28.2 Å². The molecule has 6 heteroatoms. The lowest BCUT2D eigenvalue weighted by Crippen LogP contribution is -2.07. The minimum atomic E-state index is 0.0777. The van der Waals surface area contributed by atoms with E-state index in [0.717, 1.165) is 24.9 Å². The van der Waals surface area contributed by atoms with Crippen LogP contribution in [0.15, 0.2) is 30.6 Å². The maximum absolute atomic E-state index is 9.73. The van der Waals surface area contributed by atoms with Crippen LogP contribution in [-0.2, 0) is 6.42 Å². The van der Waals surface area contributed by atoms with E-state index < -0.39 is 0 Å². The summed E-state index contributed by atoms with van der Waals surface area (Å²) < 4.78 is 5.37. The van der Waals surface area contributed by atoms with Gasteiger partial charge in [-0.15, -0.1) is 0 Å². The molecular weight excluding hydrogens is 268 g/mol. The van der Waals surface area contributed by atoms with Crippen LogP contribution < -0.4 is 15.8 Å². The van der Waals surface area contributed by atoms with E-state index in [-0.39, 0.29) is 5.75 Å². The molecule has 0 radical (unpaired) electrons. The number of hydrogen-bond acceptors (Lipinski definition) is 6. The van der Waals surface area contributed by atoms with Crippen molar-refractivity contribution in [3.05, 3.63) is 36.2 Å². The summed E-state index contributed by atoms with van der Waals surface area (Å²) in [5, 5.41) is 12.9. The van der Waals surface area contributed by atoms with Crippen molar-refractivity contribution in [3.63, 3.8) is 0 Å². The van der Waals surface area contributed by atoms with Gasteiger partial charge in [0.1, 0.15) is 0 Å². The molecule has 1 aromatic heterocycles. The number of hydrogen-bond donors (Lipinski definition) is 3. The molecule has 112 valence electrons. The van der Waals surface area contributed by atoms with Crippen molar-refractivity contribution in [1.82, 2.24) is 9.97 Å². The third kappa shape index (κ3) is 3.98. The Labute approximate surface area is 124 Å². The second kappa shape index (κ2) is 7.33. The first-order valence-electron chi connectivity index (χ1n) is 6.96. The SMILES string of the molecule is CCOc1c(O)ccc(CCCNc2ncccn2)c1N. The van der Waals surface area contributed by atoms with Crippen LogP contribution in [0.5, 0.6) is 11.5 Å². The van der Waals surface area contributed by atoms with Gasteiger partial charge in [0, 0.05) is 18.9 Å². The molecule has 21 heavy (non-hydrogen) atoms. The van der Waals surface area contributed by atoms with Crippen molar-refractivity contribution >= 4 is 11.6 Å². The topological polar surface area (TPSA) is 93.3 Å². The largest absolute Gasteiger partial charge is 0.504 e. The van der Waals surface area contributed by atoms with Crippen LogP contribution in [0.2, 0.25) is 0 Å². The zero-order chi connectivity index (χ0) is 15.1. The Hall–Kier alpha value is -2.50. The van der Waals surface area contributed by atoms with Crippen molar-refractivity contribution in [2.75, 3.05) is 24.2 Å². The van der Waals surface area contributed by atoms with Crippen LogP contribution >= 0.6 is 0 Å². The Kier molecular flexibility index (Phi) is 5.20. The van der Waals surface area contributed by atoms with Gasteiger partial charge in [0.2, 0.25) is 5.95 Å². The summed E-state index contributed by atoms with van der Waals surface area (Å²) in [4.78, 5) is 8.18. The molecule has 0 amide bonds. The van der Waals surface area contributed by atoms with Gasteiger partial charge in [-0.3, -0.25) is 0 Å². The number of rotatable bonds is 7. The molecule has 0 bridgehead atoms. The Balaban J connectivity index is 1.90. The zero-order valence-corrected chi connectivity index (χ0v) is 12.0. The van der Waals surface area contributed by atoms with E-state index in [9.17, 15) is 5.11 Å². The lowest BCUT2D eigenvalue weighted by molar-refractivity contribution is 0.319. The normalized spacial score (nSPS) is 10.3. The fourth-order valence-electron chi connectivity index (χ4n) is 2.01. The molecule has 0 fully saturated rings. The Morgan fingerprint density at radius 3 is 2.76 bits per heavy atom. The summed E-state index contributed by atoms with van der Waals surface area (Å²) in [5.41, 5.74) is 7.51. The molecule has 6 nitrogen and oxygen atoms in total. The van der Waals surface area contributed by atoms with E-state index >= 15 is 0 Å². The van der Waals surface area contributed by atoms with Crippen molar-refractivity contribution in [2.24, 2.45) is 0 Å². The first-order chi connectivity index (χ1) is 10.2. The number of nitrogens with zero attached hydrogens (tertiary/aromatic N) is 2. The van der Waals surface area contributed by atoms with Gasteiger partial charge in [-0.1, -0.05) is 6.07 Å². The molecule has 0 saturated heterocycles. The monoisotopic (exact) mass is 288 g/mol. The first-order valence-corrected chi connectivity index (χ1v) is 6.96. The summed E-state index contributed by atoms with van der Waals surface area (Å²) in [6, 6.07) is 5.22. The minimum absolute atomic E-state index is 0.0777. The van der Waals surface area contributed by atoms with Gasteiger partial charge >= 0.3 is 0 Å². The van der Waals surface area contributed by atoms with Gasteiger partial charge in [0.25, 0.3) is 0 Å². The molecule has 2 rings (SSSR count). The van der Waals surface area contributed by atoms with Crippen molar-refractivity contribution < 1.29 is 9.84 Å². The summed E-state index contributed by atoms with van der Waals surface area (Å²) in [6.45, 7) is 3.07. The maximum atomic E-state index is 9.73. The third-order valence-corrected chi connectivity index (χ3v) is 3.03. The number of aromatic hydroxyl groups is 1. The number of nitrogen functional groups attached to an aromatic ring is 1. The molecule has 0 aliphatic rings. The fourth-order valence-corrected chi connectivity index (χ4v) is 2.01. The van der Waals surface area contributed by atoms with Crippen LogP contribution in [0, 0.1) is 0 Å². The van der Waals surface area contributed by atoms with Crippen molar-refractivity contribution in [3.8, 4) is 11.5 Å². The van der Waals surface area contributed by atoms with Crippen LogP contribution in [0.3, 0.4) is 0 Å². The quantitative estimate of drug-likeness (QED) is 0.534. The highest BCUT2D eigenvalue weighted by Gasteiger charge is 2.11. The Bertz CT molecular complexity index is 575. The number of anilines is 2. The van der Waals surface area contributed by atoms with E-state index in [4.69, 9.17) is 10.5 Å². The average molecular weight is 288 g/mol. The predicted octanol–water partition coefficient (Wildman–Crippen LogP) is 2.21. The average Bonchev–Trinajstić information content (AvgIpc) is 2.51. The molecule has 0 spiro atoms. The van der Waals surface area contributed by atoms with E-state index in [1.807, 2.05) is 13.0 Å². The summed E-state index contributed by atoms with van der Waals surface area (Å²) >= 11 is 0. The van der Waals surface area contributed by atoms with Crippen LogP contribution in [0.25, 0.3) is 0 Å². The number of nitrogens with two attached hydrogens (primary N) is 1. The van der Waals surface area contributed by atoms with Gasteiger partial charge in [-0.25, -0.2) is 9.97 Å². The van der Waals surface area contributed by atoms with E-state index in [1.165, 1.54) is 0 Å². The molecule has 1 aromatic carbocycles. The number of nitrogens with one attached hydrogen (secondary N) is 1. The molecule has 0 unspecified atom stereocenters. The highest BCUT2D eigenvalue weighted by molar-refractivity contribution is 5.64. The highest BCUT2D eigenvalue weighted by Crippen LogP contribution is 2.35. The van der Waals surface area contributed by atoms with Gasteiger partial charge in [0.15, 0.2) is 11.5 Å². The standard InChI is InChI=1S/C15H20N4O2/c1-2-21-14-12(20)7-6-11(13(14)16)5-3-8-17-15-18-9-4-10-19-15/h4,6-7,9-10,20H,2-3,5,8,16H2,1H3,(H,17,18,19). The molecule has 1 heterocycles. The summed E-state index contributed by atoms with van der Waals surface area (Å²) in [6.07, 6.45) is 5.05. The highest BCUT2D eigenvalue weighted by atomic mass is 16.5. The fraction of sp³-hybridized carbons (Fsp3) is 0.333. The second-order valence-corrected chi connectivity index (χ2v) is 4.52. The van der Waals surface area contributed by atoms with Crippen LogP contribution in [0.4, 0.5) is 11.6 Å². The first kappa shape index (κ1) is 14.9. The number of benzene rings is 1. The van der Waals surface area contributed by atoms with E-state index in [0.29, 0.717) is 24.0 Å². The van der Waals surface area contributed by atoms with Crippen LogP contribution in [0.1, 0.15) is 18.9 Å². The molecule has 4 N–H and O–H groups in total. The van der Waals surface area contributed by atoms with Gasteiger partial charge < -0.3 is 20.9 Å². The molecule has 2 aromatic rings. The minimum Gasteiger partial charge on any atom is -0.504 e. The maximum Gasteiger partial charge on any atom is 0.222 e. The Morgan fingerprint density at radius 2 is 2.05 bits per heavy atom. The van der Waals surface area contributed by atoms with Gasteiger partial charge in [0.05, 0.1) is 12.3 Å². The summed E-state index contributed by atoms with van der Waals surface area (Å²) in [5.74, 6) is 1.06. The second-order valence-electron chi connectivity index (χ2n) is 4.52. The number of phenolic OH excluding ortho intramolecular Hbond substituents is 1. The molecule has 0 atom stereocenters. The molecule has 0 aliphatic heterocycles. The lowest BCUT2D eigenvalue weighted by Gasteiger charge is -2.13. The smallest absolute Gasteiger partial charge is 0.222 e. The number of aryl methyl sites for hydroxylation is 1. The van der Waals surface area contributed by atoms with E-state index in [1.54, 1.807) is 24.5 Å². The third-order valence-electron chi connectivity index (χ3n) is 3.03. The number of ether oxygens (including phenoxy) is 1.